The molecule has 0 aliphatic heterocycles. The molecular weight excluding hydrogens is 390 g/mol. The number of Topliss-reactive ketones (excluding diaryl/α,β-unsaturated/α-hetero) is 1. The largest absolute Gasteiger partial charge is 0.465 e. The van der Waals surface area contributed by atoms with Crippen molar-refractivity contribution in [2.45, 2.75) is 19.1 Å². The van der Waals surface area contributed by atoms with Gasteiger partial charge in [-0.3, -0.25) is 4.79 Å². The summed E-state index contributed by atoms with van der Waals surface area (Å²) in [5.74, 6) is -0.250. The minimum atomic E-state index is -0.476. The van der Waals surface area contributed by atoms with Crippen LogP contribution in [-0.2, 0) is 4.74 Å². The van der Waals surface area contributed by atoms with Gasteiger partial charge >= 0.3 is 5.97 Å². The average Bonchev–Trinajstić information content (AvgIpc) is 3.24. The van der Waals surface area contributed by atoms with Crippen LogP contribution in [0, 0.1) is 13.8 Å². The van der Waals surface area contributed by atoms with E-state index in [0.29, 0.717) is 39.0 Å². The first-order valence-corrected chi connectivity index (χ1v) is 9.30. The van der Waals surface area contributed by atoms with Crippen LogP contribution in [0.1, 0.15) is 32.1 Å². The fourth-order valence-electron chi connectivity index (χ4n) is 2.64. The van der Waals surface area contributed by atoms with Crippen LogP contribution < -0.4 is 0 Å². The molecule has 2 aromatic heterocycles. The number of ether oxygens (including phenoxy) is 1. The number of carbonyl (C=O) groups excluding carboxylic acids is 2. The molecule has 0 radical (unpaired) electrons. The van der Waals surface area contributed by atoms with Crippen molar-refractivity contribution in [1.29, 1.82) is 0 Å². The van der Waals surface area contributed by atoms with Crippen molar-refractivity contribution in [3.63, 3.8) is 0 Å². The summed E-state index contributed by atoms with van der Waals surface area (Å²) in [7, 11) is 1.30. The highest BCUT2D eigenvalue weighted by Crippen LogP contribution is 2.26. The number of hydrogen-bond acceptors (Lipinski definition) is 7. The van der Waals surface area contributed by atoms with Crippen molar-refractivity contribution in [2.75, 3.05) is 12.9 Å². The number of aryl methyl sites for hydroxylation is 1. The molecule has 0 aliphatic rings. The maximum Gasteiger partial charge on any atom is 0.339 e. The fraction of sp³-hybridized carbons (Fsp3) is 0.222. The highest BCUT2D eigenvalue weighted by molar-refractivity contribution is 7.99. The molecule has 0 fully saturated rings. The summed E-state index contributed by atoms with van der Waals surface area (Å²) in [6, 6.07) is 7.05. The Morgan fingerprint density at radius 1 is 1.30 bits per heavy atom. The third kappa shape index (κ3) is 4.06. The summed E-state index contributed by atoms with van der Waals surface area (Å²) in [5, 5.41) is 8.75. The second-order valence-corrected chi connectivity index (χ2v) is 7.07. The summed E-state index contributed by atoms with van der Waals surface area (Å²) in [4.78, 5) is 27.3. The van der Waals surface area contributed by atoms with Gasteiger partial charge in [0.1, 0.15) is 0 Å². The normalized spacial score (nSPS) is 10.8. The molecule has 0 atom stereocenters. The molecule has 0 saturated heterocycles. The number of nitrogens with one attached hydrogen (secondary N) is 1. The minimum absolute atomic E-state index is 0.0819. The fourth-order valence-corrected chi connectivity index (χ4v) is 3.47. The second-order valence-electron chi connectivity index (χ2n) is 5.71. The van der Waals surface area contributed by atoms with Crippen molar-refractivity contribution >= 4 is 35.1 Å². The lowest BCUT2D eigenvalue weighted by molar-refractivity contribution is 0.0599. The zero-order valence-corrected chi connectivity index (χ0v) is 16.4. The number of H-pyrrole nitrogens is 1. The molecule has 0 amide bonds. The van der Waals surface area contributed by atoms with E-state index in [2.05, 4.69) is 15.2 Å². The first-order chi connectivity index (χ1) is 12.9. The highest BCUT2D eigenvalue weighted by Gasteiger charge is 2.23. The van der Waals surface area contributed by atoms with Crippen LogP contribution in [-0.4, -0.2) is 39.8 Å². The van der Waals surface area contributed by atoms with Gasteiger partial charge < -0.3 is 14.1 Å². The summed E-state index contributed by atoms with van der Waals surface area (Å²) < 4.78 is 10.3. The molecule has 0 unspecified atom stereocenters. The SMILES string of the molecule is COC(=O)c1c(C)[nH]c(C(=O)CSc2nnc(-c3cccc(Cl)c3)o2)c1C. The predicted molar refractivity (Wildman–Crippen MR) is 101 cm³/mol. The Bertz CT molecular complexity index is 1010. The number of aromatic nitrogens is 3. The van der Waals surface area contributed by atoms with Crippen molar-refractivity contribution in [3.05, 3.63) is 51.8 Å². The van der Waals surface area contributed by atoms with Crippen LogP contribution in [0.3, 0.4) is 0 Å². The lowest BCUT2D eigenvalue weighted by Crippen LogP contribution is -2.07. The van der Waals surface area contributed by atoms with Crippen molar-refractivity contribution in [3.8, 4) is 11.5 Å². The number of halogens is 1. The van der Waals surface area contributed by atoms with E-state index in [0.717, 1.165) is 11.8 Å². The second kappa shape index (κ2) is 7.98. The van der Waals surface area contributed by atoms with Gasteiger partial charge in [0.25, 0.3) is 5.22 Å². The monoisotopic (exact) mass is 405 g/mol. The van der Waals surface area contributed by atoms with E-state index in [1.807, 2.05) is 0 Å². The van der Waals surface area contributed by atoms with Gasteiger partial charge in [-0.1, -0.05) is 29.4 Å². The zero-order chi connectivity index (χ0) is 19.6. The van der Waals surface area contributed by atoms with Crippen molar-refractivity contribution < 1.29 is 18.7 Å². The van der Waals surface area contributed by atoms with E-state index < -0.39 is 5.97 Å². The van der Waals surface area contributed by atoms with Crippen LogP contribution in [0.5, 0.6) is 0 Å². The molecule has 0 saturated carbocycles. The number of nitrogens with zero attached hydrogens (tertiary/aromatic N) is 2. The van der Waals surface area contributed by atoms with E-state index in [-0.39, 0.29) is 16.8 Å². The Labute approximate surface area is 164 Å². The van der Waals surface area contributed by atoms with Crippen LogP contribution in [0.15, 0.2) is 33.9 Å². The Morgan fingerprint density at radius 2 is 2.07 bits per heavy atom. The van der Waals surface area contributed by atoms with E-state index in [4.69, 9.17) is 20.8 Å². The molecule has 3 aromatic rings. The summed E-state index contributed by atoms with van der Waals surface area (Å²) in [5.41, 5.74) is 2.61. The Morgan fingerprint density at radius 3 is 2.78 bits per heavy atom. The third-order valence-electron chi connectivity index (χ3n) is 3.91. The lowest BCUT2D eigenvalue weighted by atomic mass is 10.1. The summed E-state index contributed by atoms with van der Waals surface area (Å²) in [6.07, 6.45) is 0. The average molecular weight is 406 g/mol. The number of methoxy groups -OCH3 is 1. The van der Waals surface area contributed by atoms with Gasteiger partial charge in [0.15, 0.2) is 5.78 Å². The molecule has 0 spiro atoms. The number of carbonyl (C=O) groups is 2. The molecule has 140 valence electrons. The van der Waals surface area contributed by atoms with Gasteiger partial charge in [-0.25, -0.2) is 4.79 Å². The standard InChI is InChI=1S/C18H16ClN3O4S/c1-9-14(17(24)25-3)10(2)20-15(9)13(23)8-27-18-22-21-16(26-18)11-5-4-6-12(19)7-11/h4-7,20H,8H2,1-3H3. The number of aromatic amines is 1. The molecule has 3 rings (SSSR count). The predicted octanol–water partition coefficient (Wildman–Crippen LogP) is 4.10. The van der Waals surface area contributed by atoms with E-state index in [1.54, 1.807) is 38.1 Å². The first-order valence-electron chi connectivity index (χ1n) is 7.93. The molecular formula is C18H16ClN3O4S. The maximum absolute atomic E-state index is 12.5. The smallest absolute Gasteiger partial charge is 0.339 e. The van der Waals surface area contributed by atoms with Crippen molar-refractivity contribution in [1.82, 2.24) is 15.2 Å². The molecule has 27 heavy (non-hydrogen) atoms. The highest BCUT2D eigenvalue weighted by atomic mass is 35.5. The van der Waals surface area contributed by atoms with E-state index in [1.165, 1.54) is 7.11 Å². The molecule has 0 aliphatic carbocycles. The number of benzene rings is 1. The molecule has 1 aromatic carbocycles. The van der Waals surface area contributed by atoms with E-state index in [9.17, 15) is 9.59 Å². The summed E-state index contributed by atoms with van der Waals surface area (Å²) >= 11 is 7.08. The number of thioether (sulfide) groups is 1. The summed E-state index contributed by atoms with van der Waals surface area (Å²) in [6.45, 7) is 3.43. The van der Waals surface area contributed by atoms with Gasteiger partial charge in [0.05, 0.1) is 24.1 Å². The van der Waals surface area contributed by atoms with Gasteiger partial charge in [-0.2, -0.15) is 0 Å². The topological polar surface area (TPSA) is 98.1 Å². The molecule has 2 heterocycles. The number of hydrogen-bond donors (Lipinski definition) is 1. The van der Waals surface area contributed by atoms with Crippen LogP contribution in [0.2, 0.25) is 5.02 Å². The van der Waals surface area contributed by atoms with Crippen LogP contribution >= 0.6 is 23.4 Å². The Hall–Kier alpha value is -2.58. The van der Waals surface area contributed by atoms with Crippen LogP contribution in [0.25, 0.3) is 11.5 Å². The Kier molecular flexibility index (Phi) is 5.67. The Balaban J connectivity index is 1.71. The number of ketones is 1. The number of esters is 1. The zero-order valence-electron chi connectivity index (χ0n) is 14.8. The van der Waals surface area contributed by atoms with Gasteiger partial charge in [-0.15, -0.1) is 10.2 Å². The molecule has 0 bridgehead atoms. The third-order valence-corrected chi connectivity index (χ3v) is 4.96. The lowest BCUT2D eigenvalue weighted by Gasteiger charge is -2.00. The molecule has 1 N–H and O–H groups in total. The first kappa shape index (κ1) is 19.2. The van der Waals surface area contributed by atoms with Crippen molar-refractivity contribution in [2.24, 2.45) is 0 Å². The van der Waals surface area contributed by atoms with Gasteiger partial charge in [-0.05, 0) is 37.6 Å². The minimum Gasteiger partial charge on any atom is -0.465 e. The van der Waals surface area contributed by atoms with Crippen LogP contribution in [0.4, 0.5) is 0 Å². The maximum atomic E-state index is 12.5. The number of rotatable bonds is 6. The quantitative estimate of drug-likeness (QED) is 0.374. The van der Waals surface area contributed by atoms with Gasteiger partial charge in [0, 0.05) is 16.3 Å². The van der Waals surface area contributed by atoms with E-state index >= 15 is 0 Å². The van der Waals surface area contributed by atoms with Gasteiger partial charge in [0.2, 0.25) is 5.89 Å². The molecule has 9 heteroatoms. The molecule has 7 nitrogen and oxygen atoms in total.